The van der Waals surface area contributed by atoms with Crippen LogP contribution in [0.2, 0.25) is 10.0 Å². The van der Waals surface area contributed by atoms with Gasteiger partial charge in [0.1, 0.15) is 6.04 Å². The second-order valence-electron chi connectivity index (χ2n) is 7.89. The summed E-state index contributed by atoms with van der Waals surface area (Å²) >= 11 is 11.9. The van der Waals surface area contributed by atoms with Crippen molar-refractivity contribution in [1.29, 1.82) is 0 Å². The number of benzene rings is 3. The van der Waals surface area contributed by atoms with Gasteiger partial charge in [-0.15, -0.1) is 0 Å². The maximum atomic E-state index is 12.4. The first-order valence-electron chi connectivity index (χ1n) is 10.4. The quantitative estimate of drug-likeness (QED) is 0.312. The van der Waals surface area contributed by atoms with E-state index in [0.717, 1.165) is 11.1 Å². The van der Waals surface area contributed by atoms with Crippen LogP contribution in [0.4, 0.5) is 16.2 Å². The Kier molecular flexibility index (Phi) is 8.15. The number of carboxylic acids is 1. The molecule has 1 atom stereocenters. The van der Waals surface area contributed by atoms with Crippen LogP contribution in [0.5, 0.6) is 0 Å². The van der Waals surface area contributed by atoms with Gasteiger partial charge < -0.3 is 21.1 Å². The molecule has 176 valence electrons. The van der Waals surface area contributed by atoms with E-state index in [9.17, 15) is 19.5 Å². The molecular weight excluding hydrogens is 477 g/mol. The zero-order valence-electron chi connectivity index (χ0n) is 18.4. The maximum absolute atomic E-state index is 12.4. The summed E-state index contributed by atoms with van der Waals surface area (Å²) in [7, 11) is 0. The summed E-state index contributed by atoms with van der Waals surface area (Å²) in [5.41, 5.74) is 3.12. The van der Waals surface area contributed by atoms with Crippen molar-refractivity contribution in [3.05, 3.63) is 82.3 Å². The van der Waals surface area contributed by atoms with E-state index in [0.29, 0.717) is 27.0 Å². The number of carbonyl (C=O) groups is 3. The number of hydrogen-bond donors (Lipinski definition) is 4. The van der Waals surface area contributed by atoms with Crippen molar-refractivity contribution in [2.75, 3.05) is 10.6 Å². The Hall–Kier alpha value is -3.55. The zero-order chi connectivity index (χ0) is 24.8. The lowest BCUT2D eigenvalue weighted by Crippen LogP contribution is -2.44. The monoisotopic (exact) mass is 499 g/mol. The van der Waals surface area contributed by atoms with Crippen molar-refractivity contribution in [2.45, 2.75) is 19.9 Å². The standard InChI is InChI=1S/C25H23Cl2N3O4/c1-14(2)22(24(32)33)30-23(31)17-5-3-15(4-6-17)16-7-10-19(11-8-16)28-25(34)29-21-12-9-18(26)13-20(21)27/h3-14,22H,1-2H3,(H,30,31)(H,32,33)(H2,28,29,34)/t22-/m1/s1. The highest BCUT2D eigenvalue weighted by Crippen LogP contribution is 2.26. The molecule has 3 amide bonds. The fourth-order valence-electron chi connectivity index (χ4n) is 3.17. The molecule has 0 unspecified atom stereocenters. The Morgan fingerprint density at radius 3 is 1.94 bits per heavy atom. The number of hydrogen-bond acceptors (Lipinski definition) is 3. The minimum atomic E-state index is -1.07. The van der Waals surface area contributed by atoms with Crippen LogP contribution in [-0.2, 0) is 4.79 Å². The number of amides is 3. The highest BCUT2D eigenvalue weighted by atomic mass is 35.5. The molecule has 7 nitrogen and oxygen atoms in total. The van der Waals surface area contributed by atoms with Gasteiger partial charge in [-0.3, -0.25) is 4.79 Å². The molecule has 0 heterocycles. The van der Waals surface area contributed by atoms with Gasteiger partial charge >= 0.3 is 12.0 Å². The number of rotatable bonds is 7. The third kappa shape index (κ3) is 6.50. The summed E-state index contributed by atoms with van der Waals surface area (Å²) < 4.78 is 0. The van der Waals surface area contributed by atoms with Crippen LogP contribution in [-0.4, -0.2) is 29.1 Å². The Balaban J connectivity index is 1.62. The smallest absolute Gasteiger partial charge is 0.326 e. The minimum Gasteiger partial charge on any atom is -0.480 e. The van der Waals surface area contributed by atoms with Crippen LogP contribution in [0, 0.1) is 5.92 Å². The first-order chi connectivity index (χ1) is 16.1. The molecule has 9 heteroatoms. The van der Waals surface area contributed by atoms with Crippen LogP contribution >= 0.6 is 23.2 Å². The lowest BCUT2D eigenvalue weighted by molar-refractivity contribution is -0.140. The number of urea groups is 1. The van der Waals surface area contributed by atoms with Crippen LogP contribution in [0.15, 0.2) is 66.7 Å². The summed E-state index contributed by atoms with van der Waals surface area (Å²) in [5.74, 6) is -1.75. The van der Waals surface area contributed by atoms with Gasteiger partial charge in [0.25, 0.3) is 5.91 Å². The predicted molar refractivity (Wildman–Crippen MR) is 135 cm³/mol. The second-order valence-corrected chi connectivity index (χ2v) is 8.74. The summed E-state index contributed by atoms with van der Waals surface area (Å²) in [6, 6.07) is 17.4. The van der Waals surface area contributed by atoms with Gasteiger partial charge in [0.2, 0.25) is 0 Å². The van der Waals surface area contributed by atoms with Crippen molar-refractivity contribution in [3.8, 4) is 11.1 Å². The van der Waals surface area contributed by atoms with Crippen LogP contribution in [0.25, 0.3) is 11.1 Å². The molecule has 0 aromatic heterocycles. The van der Waals surface area contributed by atoms with Gasteiger partial charge in [0, 0.05) is 16.3 Å². The van der Waals surface area contributed by atoms with E-state index < -0.39 is 23.9 Å². The molecule has 0 aliphatic rings. The Labute approximate surface area is 207 Å². The van der Waals surface area contributed by atoms with Gasteiger partial charge in [-0.2, -0.15) is 0 Å². The van der Waals surface area contributed by atoms with Crippen LogP contribution < -0.4 is 16.0 Å². The number of nitrogens with one attached hydrogen (secondary N) is 3. The summed E-state index contributed by atoms with van der Waals surface area (Å²) in [6.45, 7) is 3.47. The molecular formula is C25H23Cl2N3O4. The molecule has 0 saturated heterocycles. The number of aliphatic carboxylic acids is 1. The molecule has 0 bridgehead atoms. The van der Waals surface area contributed by atoms with Crippen molar-refractivity contribution in [3.63, 3.8) is 0 Å². The van der Waals surface area contributed by atoms with Gasteiger partial charge in [0.15, 0.2) is 0 Å². The minimum absolute atomic E-state index is 0.238. The number of carboxylic acid groups (broad SMARTS) is 1. The molecule has 0 spiro atoms. The van der Waals surface area contributed by atoms with Crippen LogP contribution in [0.1, 0.15) is 24.2 Å². The van der Waals surface area contributed by atoms with E-state index in [2.05, 4.69) is 16.0 Å². The first-order valence-corrected chi connectivity index (χ1v) is 11.2. The third-order valence-corrected chi connectivity index (χ3v) is 5.57. The predicted octanol–water partition coefficient (Wildman–Crippen LogP) is 6.14. The SMILES string of the molecule is CC(C)[C@@H](NC(=O)c1ccc(-c2ccc(NC(=O)Nc3ccc(Cl)cc3Cl)cc2)cc1)C(=O)O. The molecule has 4 N–H and O–H groups in total. The van der Waals surface area contributed by atoms with Gasteiger partial charge in [-0.25, -0.2) is 9.59 Å². The van der Waals surface area contributed by atoms with E-state index in [-0.39, 0.29) is 5.92 Å². The average Bonchev–Trinajstić information content (AvgIpc) is 2.79. The fourth-order valence-corrected chi connectivity index (χ4v) is 3.63. The average molecular weight is 500 g/mol. The summed E-state index contributed by atoms with van der Waals surface area (Å²) in [5, 5.41) is 18.0. The van der Waals surface area contributed by atoms with Crippen molar-refractivity contribution < 1.29 is 19.5 Å². The molecule has 0 aliphatic carbocycles. The zero-order valence-corrected chi connectivity index (χ0v) is 19.9. The summed E-state index contributed by atoms with van der Waals surface area (Å²) in [6.07, 6.45) is 0. The molecule has 0 radical (unpaired) electrons. The van der Waals surface area contributed by atoms with Crippen molar-refractivity contribution in [2.24, 2.45) is 5.92 Å². The highest BCUT2D eigenvalue weighted by molar-refractivity contribution is 6.36. The number of halogens is 2. The topological polar surface area (TPSA) is 108 Å². The fraction of sp³-hybridized carbons (Fsp3) is 0.160. The Morgan fingerprint density at radius 2 is 1.41 bits per heavy atom. The molecule has 0 aliphatic heterocycles. The number of anilines is 2. The largest absolute Gasteiger partial charge is 0.480 e. The molecule has 0 fully saturated rings. The normalized spacial score (nSPS) is 11.6. The van der Waals surface area contributed by atoms with Crippen molar-refractivity contribution >= 4 is 52.5 Å². The molecule has 34 heavy (non-hydrogen) atoms. The van der Waals surface area contributed by atoms with Crippen LogP contribution in [0.3, 0.4) is 0 Å². The van der Waals surface area contributed by atoms with Gasteiger partial charge in [-0.05, 0) is 59.5 Å². The summed E-state index contributed by atoms with van der Waals surface area (Å²) in [4.78, 5) is 35.9. The van der Waals surface area contributed by atoms with Gasteiger partial charge in [0.05, 0.1) is 10.7 Å². The Bertz CT molecular complexity index is 1200. The number of carbonyl (C=O) groups excluding carboxylic acids is 2. The van der Waals surface area contributed by atoms with Crippen molar-refractivity contribution in [1.82, 2.24) is 5.32 Å². The molecule has 3 aromatic carbocycles. The third-order valence-electron chi connectivity index (χ3n) is 5.02. The molecule has 3 aromatic rings. The second kappa shape index (κ2) is 11.0. The molecule has 3 rings (SSSR count). The maximum Gasteiger partial charge on any atom is 0.326 e. The van der Waals surface area contributed by atoms with E-state index in [4.69, 9.17) is 23.2 Å². The first kappa shape index (κ1) is 25.1. The van der Waals surface area contributed by atoms with E-state index >= 15 is 0 Å². The lowest BCUT2D eigenvalue weighted by atomic mass is 10.0. The van der Waals surface area contributed by atoms with E-state index in [1.807, 2.05) is 12.1 Å². The van der Waals surface area contributed by atoms with E-state index in [1.165, 1.54) is 6.07 Å². The highest BCUT2D eigenvalue weighted by Gasteiger charge is 2.23. The van der Waals surface area contributed by atoms with Gasteiger partial charge in [-0.1, -0.05) is 61.3 Å². The van der Waals surface area contributed by atoms with E-state index in [1.54, 1.807) is 62.4 Å². The lowest BCUT2D eigenvalue weighted by Gasteiger charge is -2.18. The molecule has 0 saturated carbocycles. The Morgan fingerprint density at radius 1 is 0.824 bits per heavy atom.